The predicted molar refractivity (Wildman–Crippen MR) is 72.9 cm³/mol. The number of carboxylic acid groups (broad SMARTS) is 1. The standard InChI is InChI=1S/C15H14N2O3/c1-2-6-12-16-9-11(13(17-12)15(19)20)14(18)10-7-4-3-5-8-10/h3-5,7-9H,2,6H2,1H3,(H,19,20). The summed E-state index contributed by atoms with van der Waals surface area (Å²) in [5.74, 6) is -1.16. The number of benzene rings is 1. The highest BCUT2D eigenvalue weighted by Crippen LogP contribution is 2.13. The van der Waals surface area contributed by atoms with Crippen LogP contribution < -0.4 is 0 Å². The van der Waals surface area contributed by atoms with E-state index in [0.717, 1.165) is 6.42 Å². The maximum absolute atomic E-state index is 12.3. The summed E-state index contributed by atoms with van der Waals surface area (Å²) in [6.07, 6.45) is 2.70. The second-order valence-electron chi connectivity index (χ2n) is 4.30. The molecule has 0 saturated carbocycles. The van der Waals surface area contributed by atoms with E-state index in [1.165, 1.54) is 6.20 Å². The Morgan fingerprint density at radius 1 is 1.20 bits per heavy atom. The fourth-order valence-corrected chi connectivity index (χ4v) is 1.84. The van der Waals surface area contributed by atoms with Gasteiger partial charge in [0.1, 0.15) is 5.82 Å². The van der Waals surface area contributed by atoms with Crippen molar-refractivity contribution in [3.8, 4) is 0 Å². The van der Waals surface area contributed by atoms with Crippen molar-refractivity contribution in [3.63, 3.8) is 0 Å². The van der Waals surface area contributed by atoms with Gasteiger partial charge in [0.25, 0.3) is 0 Å². The Morgan fingerprint density at radius 2 is 1.90 bits per heavy atom. The summed E-state index contributed by atoms with van der Waals surface area (Å²) >= 11 is 0. The van der Waals surface area contributed by atoms with Gasteiger partial charge in [-0.25, -0.2) is 14.8 Å². The number of hydrogen-bond acceptors (Lipinski definition) is 4. The van der Waals surface area contributed by atoms with Crippen molar-refractivity contribution in [3.05, 3.63) is 59.2 Å². The van der Waals surface area contributed by atoms with Crippen LogP contribution in [-0.2, 0) is 6.42 Å². The molecule has 20 heavy (non-hydrogen) atoms. The molecule has 0 spiro atoms. The summed E-state index contributed by atoms with van der Waals surface area (Å²) in [5, 5.41) is 9.21. The Kier molecular flexibility index (Phi) is 4.20. The molecule has 0 amide bonds. The lowest BCUT2D eigenvalue weighted by Crippen LogP contribution is -2.14. The first-order valence-corrected chi connectivity index (χ1v) is 6.32. The van der Waals surface area contributed by atoms with E-state index >= 15 is 0 Å². The molecule has 1 N–H and O–H groups in total. The van der Waals surface area contributed by atoms with Gasteiger partial charge >= 0.3 is 5.97 Å². The molecule has 1 aromatic carbocycles. The van der Waals surface area contributed by atoms with Crippen LogP contribution in [0.2, 0.25) is 0 Å². The smallest absolute Gasteiger partial charge is 0.355 e. The Labute approximate surface area is 116 Å². The summed E-state index contributed by atoms with van der Waals surface area (Å²) < 4.78 is 0. The first kappa shape index (κ1) is 13.9. The number of ketones is 1. The van der Waals surface area contributed by atoms with E-state index in [1.807, 2.05) is 6.92 Å². The first-order chi connectivity index (χ1) is 9.63. The van der Waals surface area contributed by atoms with Gasteiger partial charge in [-0.15, -0.1) is 0 Å². The van der Waals surface area contributed by atoms with E-state index in [1.54, 1.807) is 30.3 Å². The fraction of sp³-hybridized carbons (Fsp3) is 0.200. The summed E-state index contributed by atoms with van der Waals surface area (Å²) in [6.45, 7) is 1.95. The molecule has 0 aliphatic heterocycles. The highest BCUT2D eigenvalue weighted by Gasteiger charge is 2.20. The monoisotopic (exact) mass is 270 g/mol. The minimum atomic E-state index is -1.22. The third-order valence-electron chi connectivity index (χ3n) is 2.80. The fourth-order valence-electron chi connectivity index (χ4n) is 1.84. The van der Waals surface area contributed by atoms with Gasteiger partial charge in [-0.05, 0) is 6.42 Å². The van der Waals surface area contributed by atoms with Crippen LogP contribution in [0.3, 0.4) is 0 Å². The molecule has 1 aromatic heterocycles. The van der Waals surface area contributed by atoms with E-state index in [0.29, 0.717) is 17.8 Å². The van der Waals surface area contributed by atoms with Crippen molar-refractivity contribution >= 4 is 11.8 Å². The first-order valence-electron chi connectivity index (χ1n) is 6.32. The number of rotatable bonds is 5. The normalized spacial score (nSPS) is 10.2. The van der Waals surface area contributed by atoms with Crippen LogP contribution in [-0.4, -0.2) is 26.8 Å². The zero-order chi connectivity index (χ0) is 14.5. The molecule has 0 aliphatic carbocycles. The van der Waals surface area contributed by atoms with Gasteiger partial charge in [-0.2, -0.15) is 0 Å². The summed E-state index contributed by atoms with van der Waals surface area (Å²) in [7, 11) is 0. The zero-order valence-corrected chi connectivity index (χ0v) is 11.0. The second kappa shape index (κ2) is 6.06. The highest BCUT2D eigenvalue weighted by molar-refractivity contribution is 6.13. The Bertz CT molecular complexity index is 639. The molecular weight excluding hydrogens is 256 g/mol. The van der Waals surface area contributed by atoms with Gasteiger partial charge in [0.15, 0.2) is 11.5 Å². The third kappa shape index (κ3) is 2.88. The van der Waals surface area contributed by atoms with Crippen molar-refractivity contribution in [1.82, 2.24) is 9.97 Å². The maximum Gasteiger partial charge on any atom is 0.355 e. The van der Waals surface area contributed by atoms with Crippen LogP contribution in [0.15, 0.2) is 36.5 Å². The molecule has 102 valence electrons. The van der Waals surface area contributed by atoms with E-state index in [9.17, 15) is 14.7 Å². The van der Waals surface area contributed by atoms with Gasteiger partial charge in [0.05, 0.1) is 5.56 Å². The Morgan fingerprint density at radius 3 is 2.50 bits per heavy atom. The average molecular weight is 270 g/mol. The highest BCUT2D eigenvalue weighted by atomic mass is 16.4. The van der Waals surface area contributed by atoms with Crippen molar-refractivity contribution in [2.75, 3.05) is 0 Å². The van der Waals surface area contributed by atoms with Crippen LogP contribution in [0.1, 0.15) is 45.6 Å². The van der Waals surface area contributed by atoms with Gasteiger partial charge < -0.3 is 5.11 Å². The molecule has 0 aliphatic rings. The molecule has 5 heteroatoms. The van der Waals surface area contributed by atoms with Crippen LogP contribution in [0.25, 0.3) is 0 Å². The van der Waals surface area contributed by atoms with Crippen LogP contribution in [0.5, 0.6) is 0 Å². The largest absolute Gasteiger partial charge is 0.476 e. The van der Waals surface area contributed by atoms with E-state index in [4.69, 9.17) is 0 Å². The molecule has 2 aromatic rings. The maximum atomic E-state index is 12.3. The van der Waals surface area contributed by atoms with Gasteiger partial charge in [0, 0.05) is 18.2 Å². The third-order valence-corrected chi connectivity index (χ3v) is 2.80. The van der Waals surface area contributed by atoms with Crippen molar-refractivity contribution in [1.29, 1.82) is 0 Å². The lowest BCUT2D eigenvalue weighted by molar-refractivity contribution is 0.0685. The van der Waals surface area contributed by atoms with Crippen LogP contribution >= 0.6 is 0 Å². The van der Waals surface area contributed by atoms with Crippen LogP contribution in [0, 0.1) is 0 Å². The molecule has 0 atom stereocenters. The molecule has 0 radical (unpaired) electrons. The van der Waals surface area contributed by atoms with Gasteiger partial charge in [-0.3, -0.25) is 4.79 Å². The minimum absolute atomic E-state index is 0.0172. The Balaban J connectivity index is 2.46. The second-order valence-corrected chi connectivity index (χ2v) is 4.30. The summed E-state index contributed by atoms with van der Waals surface area (Å²) in [6, 6.07) is 8.50. The SMILES string of the molecule is CCCc1ncc(C(=O)c2ccccc2)c(C(=O)O)n1. The Hall–Kier alpha value is -2.56. The minimum Gasteiger partial charge on any atom is -0.476 e. The van der Waals surface area contributed by atoms with E-state index in [-0.39, 0.29) is 17.0 Å². The summed E-state index contributed by atoms with van der Waals surface area (Å²) in [5.41, 5.74) is 0.197. The lowest BCUT2D eigenvalue weighted by Gasteiger charge is -2.06. The number of carbonyl (C=O) groups excluding carboxylic acids is 1. The molecule has 0 bridgehead atoms. The topological polar surface area (TPSA) is 80.2 Å². The lowest BCUT2D eigenvalue weighted by atomic mass is 10.0. The molecule has 1 heterocycles. The number of carbonyl (C=O) groups is 2. The predicted octanol–water partition coefficient (Wildman–Crippen LogP) is 2.36. The molecule has 0 saturated heterocycles. The number of aryl methyl sites for hydroxylation is 1. The number of hydrogen-bond donors (Lipinski definition) is 1. The number of carboxylic acids is 1. The van der Waals surface area contributed by atoms with Gasteiger partial charge in [-0.1, -0.05) is 37.3 Å². The number of nitrogens with zero attached hydrogens (tertiary/aromatic N) is 2. The summed E-state index contributed by atoms with van der Waals surface area (Å²) in [4.78, 5) is 31.6. The van der Waals surface area contributed by atoms with E-state index < -0.39 is 5.97 Å². The van der Waals surface area contributed by atoms with Crippen molar-refractivity contribution in [2.24, 2.45) is 0 Å². The van der Waals surface area contributed by atoms with Gasteiger partial charge in [0.2, 0.25) is 0 Å². The average Bonchev–Trinajstić information content (AvgIpc) is 2.47. The van der Waals surface area contributed by atoms with Crippen molar-refractivity contribution in [2.45, 2.75) is 19.8 Å². The molecule has 5 nitrogen and oxygen atoms in total. The number of aromatic carboxylic acids is 1. The molecular formula is C15H14N2O3. The number of aromatic nitrogens is 2. The van der Waals surface area contributed by atoms with Crippen LogP contribution in [0.4, 0.5) is 0 Å². The molecule has 0 fully saturated rings. The van der Waals surface area contributed by atoms with Crippen molar-refractivity contribution < 1.29 is 14.7 Å². The molecule has 2 rings (SSSR count). The molecule has 0 unspecified atom stereocenters. The zero-order valence-electron chi connectivity index (χ0n) is 11.0. The van der Waals surface area contributed by atoms with E-state index in [2.05, 4.69) is 9.97 Å². The quantitative estimate of drug-likeness (QED) is 0.843.